The number of rotatable bonds is 6. The number of esters is 3. The molecule has 1 aromatic carbocycles. The molecule has 3 aliphatic carbocycles. The molecular weight excluding hydrogens is 610 g/mol. The van der Waals surface area contributed by atoms with Crippen molar-refractivity contribution in [2.24, 2.45) is 22.7 Å². The third-order valence-corrected chi connectivity index (χ3v) is 11.2. The highest BCUT2D eigenvalue weighted by molar-refractivity contribution is 8.00. The molecule has 0 spiro atoms. The summed E-state index contributed by atoms with van der Waals surface area (Å²) in [5.41, 5.74) is -6.25. The fourth-order valence-electron chi connectivity index (χ4n) is 8.13. The first-order valence-electron chi connectivity index (χ1n) is 14.6. The van der Waals surface area contributed by atoms with Gasteiger partial charge in [-0.1, -0.05) is 47.9 Å². The monoisotopic (exact) mass is 650 g/mol. The quantitative estimate of drug-likeness (QED) is 0.265. The lowest BCUT2D eigenvalue weighted by Gasteiger charge is -2.67. The molecule has 11 atom stereocenters. The van der Waals surface area contributed by atoms with Gasteiger partial charge in [-0.15, -0.1) is 0 Å². The number of benzene rings is 1. The van der Waals surface area contributed by atoms with Crippen LogP contribution in [0.25, 0.3) is 0 Å². The second-order valence-electron chi connectivity index (χ2n) is 13.0. The normalized spacial score (nSPS) is 39.3. The van der Waals surface area contributed by atoms with Gasteiger partial charge in [-0.25, -0.2) is 4.79 Å². The second-order valence-corrected chi connectivity index (χ2v) is 14.2. The van der Waals surface area contributed by atoms with E-state index in [9.17, 15) is 24.6 Å². The van der Waals surface area contributed by atoms with Gasteiger partial charge in [0.15, 0.2) is 11.4 Å². The fourth-order valence-corrected chi connectivity index (χ4v) is 9.12. The van der Waals surface area contributed by atoms with E-state index in [1.54, 1.807) is 58.0 Å². The molecule has 0 radical (unpaired) electrons. The zero-order valence-corrected chi connectivity index (χ0v) is 27.8. The maximum Gasteiger partial charge on any atom is 0.338 e. The Labute approximate surface area is 260 Å². The van der Waals surface area contributed by atoms with E-state index >= 15 is 4.79 Å². The Kier molecular flexibility index (Phi) is 8.67. The topological polar surface area (TPSA) is 155 Å². The zero-order valence-electron chi connectivity index (χ0n) is 25.6. The summed E-state index contributed by atoms with van der Waals surface area (Å²) in [6.45, 7) is 8.90. The van der Waals surface area contributed by atoms with Gasteiger partial charge in [0, 0.05) is 46.5 Å². The first-order valence-corrected chi connectivity index (χ1v) is 17.3. The van der Waals surface area contributed by atoms with Crippen LogP contribution in [-0.4, -0.2) is 76.1 Å². The number of hydrogen-bond donors (Lipinski definition) is 2. The molecule has 0 amide bonds. The molecule has 0 aromatic heterocycles. The molecule has 2 saturated carbocycles. The highest BCUT2D eigenvalue weighted by Crippen LogP contribution is 2.65. The minimum absolute atomic E-state index is 0.134. The molecule has 2 N–H and O–H groups in total. The summed E-state index contributed by atoms with van der Waals surface area (Å²) in [5.74, 6) is -5.12. The molecule has 1 aromatic rings. The molecule has 44 heavy (non-hydrogen) atoms. The third kappa shape index (κ3) is 4.78. The predicted molar refractivity (Wildman–Crippen MR) is 161 cm³/mol. The molecule has 2 bridgehead atoms. The summed E-state index contributed by atoms with van der Waals surface area (Å²) >= 11 is 0. The maximum absolute atomic E-state index is 15.1. The van der Waals surface area contributed by atoms with Crippen molar-refractivity contribution in [1.82, 2.24) is 0 Å². The molecule has 5 rings (SSSR count). The van der Waals surface area contributed by atoms with Crippen molar-refractivity contribution in [2.75, 3.05) is 6.61 Å². The number of aliphatic hydroxyl groups is 2. The highest BCUT2D eigenvalue weighted by Gasteiger charge is 2.78. The van der Waals surface area contributed by atoms with Crippen molar-refractivity contribution in [3.8, 4) is 0 Å². The fraction of sp³-hybridized carbons (Fsp3) is 0.613. The van der Waals surface area contributed by atoms with E-state index in [1.165, 1.54) is 13.8 Å². The molecule has 4 aliphatic rings. The number of ketones is 1. The van der Waals surface area contributed by atoms with E-state index in [-0.39, 0.29) is 44.8 Å². The van der Waals surface area contributed by atoms with Gasteiger partial charge < -0.3 is 33.7 Å². The summed E-state index contributed by atoms with van der Waals surface area (Å²) in [7, 11) is 2.32. The van der Waals surface area contributed by atoms with Crippen molar-refractivity contribution in [3.63, 3.8) is 0 Å². The van der Waals surface area contributed by atoms with Crippen molar-refractivity contribution in [2.45, 2.75) is 90.0 Å². The third-order valence-electron chi connectivity index (χ3n) is 10.4. The first kappa shape index (κ1) is 33.1. The van der Waals surface area contributed by atoms with E-state index in [4.69, 9.17) is 23.5 Å². The minimum atomic E-state index is -2.06. The number of aliphatic hydroxyl groups excluding tert-OH is 1. The summed E-state index contributed by atoms with van der Waals surface area (Å²) in [6, 6.07) is 8.20. The Morgan fingerprint density at radius 3 is 2.30 bits per heavy atom. The maximum atomic E-state index is 15.1. The van der Waals surface area contributed by atoms with Crippen LogP contribution < -0.4 is 0 Å². The summed E-state index contributed by atoms with van der Waals surface area (Å²) < 4.78 is 30.2. The predicted octanol–water partition coefficient (Wildman–Crippen LogP) is 3.27. The van der Waals surface area contributed by atoms with E-state index in [2.05, 4.69) is 8.93 Å². The molecule has 1 aliphatic heterocycles. The van der Waals surface area contributed by atoms with Crippen LogP contribution in [0.5, 0.6) is 0 Å². The summed E-state index contributed by atoms with van der Waals surface area (Å²) in [5, 5.41) is 24.4. The van der Waals surface area contributed by atoms with Crippen molar-refractivity contribution in [3.05, 3.63) is 47.2 Å². The molecule has 3 unspecified atom stereocenters. The lowest BCUT2D eigenvalue weighted by atomic mass is 9.45. The van der Waals surface area contributed by atoms with Gasteiger partial charge in [0.1, 0.15) is 17.8 Å². The smallest absolute Gasteiger partial charge is 0.338 e. The molecule has 11 nitrogen and oxygen atoms in total. The number of Topliss-reactive ketones (excluding diaryl/α,β-unsaturated/α-hetero) is 1. The largest absolute Gasteiger partial charge is 0.455 e. The number of allylic oxidation sites excluding steroid dienone is 1. The van der Waals surface area contributed by atoms with Gasteiger partial charge in [0.2, 0.25) is 5.78 Å². The zero-order chi connectivity index (χ0) is 32.4. The highest BCUT2D eigenvalue weighted by atomic mass is 32.0. The molecule has 3 fully saturated rings. The Balaban J connectivity index is 1.88. The average Bonchev–Trinajstić information content (AvgIpc) is 2.94. The van der Waals surface area contributed by atoms with Gasteiger partial charge in [-0.05, 0) is 24.6 Å². The number of carbonyl (C=O) groups excluding carboxylic acids is 4. The van der Waals surface area contributed by atoms with Crippen LogP contribution in [0.2, 0.25) is 0 Å². The second kappa shape index (κ2) is 11.5. The average molecular weight is 651 g/mol. The molecule has 13 heteroatoms. The molecule has 1 heterocycles. The number of ether oxygens (including phenoxy) is 4. The van der Waals surface area contributed by atoms with Gasteiger partial charge in [-0.2, -0.15) is 0 Å². The number of carbonyl (C=O) groups is 4. The lowest BCUT2D eigenvalue weighted by molar-refractivity contribution is -0.343. The summed E-state index contributed by atoms with van der Waals surface area (Å²) in [6.07, 6.45) is -4.52. The van der Waals surface area contributed by atoms with E-state index < -0.39 is 82.0 Å². The van der Waals surface area contributed by atoms with Crippen LogP contribution in [0.15, 0.2) is 41.7 Å². The van der Waals surface area contributed by atoms with Crippen LogP contribution in [-0.2, 0) is 37.9 Å². The standard InChI is InChI=1S/C31H40O11P2/c1-15-19(34)13-31(37)26(40-27(36)18-10-8-7-9-11-18)24-29(6,25(35)23(39-16(2)32)22(15)28(31,4)5)20(42-44-43)12-21-30(24,14-38-21)41-17(3)33/h7-11,15,19-21,24,26,34,37,44H,12-14,43H2,1-6H3/t15?,19-,20-,21+,24-,26-,29+,30-,31+/m0/s1. The van der Waals surface area contributed by atoms with Crippen LogP contribution in [0.4, 0.5) is 0 Å². The van der Waals surface area contributed by atoms with Crippen LogP contribution in [0, 0.1) is 22.7 Å². The Morgan fingerprint density at radius 1 is 1.09 bits per heavy atom. The van der Waals surface area contributed by atoms with Crippen molar-refractivity contribution >= 4 is 41.1 Å². The van der Waals surface area contributed by atoms with Crippen LogP contribution in [0.3, 0.4) is 0 Å². The van der Waals surface area contributed by atoms with E-state index in [1.807, 2.05) is 0 Å². The SMILES string of the molecule is CC(=O)OC1=C2C(C)[C@@H](O)C[C@@](O)([C@@H](OC(=O)c3ccccc3)[C@@H]3[C@]4(OC(C)=O)CO[C@@H]4C[C@H](OPP)[C@@]3(C)C1=O)C2(C)C. The van der Waals surface area contributed by atoms with Gasteiger partial charge >= 0.3 is 17.9 Å². The Morgan fingerprint density at radius 2 is 1.75 bits per heavy atom. The van der Waals surface area contributed by atoms with Crippen LogP contribution >= 0.6 is 17.4 Å². The van der Waals surface area contributed by atoms with Crippen LogP contribution in [0.1, 0.15) is 64.7 Å². The molecule has 240 valence electrons. The molecule has 1 saturated heterocycles. The minimum Gasteiger partial charge on any atom is -0.455 e. The van der Waals surface area contributed by atoms with Gasteiger partial charge in [0.05, 0.1) is 35.7 Å². The summed E-state index contributed by atoms with van der Waals surface area (Å²) in [4.78, 5) is 54.2. The Bertz CT molecular complexity index is 1400. The van der Waals surface area contributed by atoms with E-state index in [0.717, 1.165) is 0 Å². The van der Waals surface area contributed by atoms with E-state index in [0.29, 0.717) is 0 Å². The Hall–Kier alpha value is -2.26. The van der Waals surface area contributed by atoms with Crippen molar-refractivity contribution in [1.29, 1.82) is 0 Å². The molecular formula is C31H40O11P2. The first-order chi connectivity index (χ1) is 20.6. The lowest BCUT2D eigenvalue weighted by Crippen LogP contribution is -2.81. The van der Waals surface area contributed by atoms with Crippen molar-refractivity contribution < 1.29 is 52.9 Å². The number of fused-ring (bicyclic) bond motifs is 5. The van der Waals surface area contributed by atoms with Gasteiger partial charge in [-0.3, -0.25) is 14.4 Å². The number of hydrogen-bond acceptors (Lipinski definition) is 11. The van der Waals surface area contributed by atoms with Gasteiger partial charge in [0.25, 0.3) is 0 Å².